The molecule has 0 radical (unpaired) electrons. The number of pyridine rings is 1. The Hall–Kier alpha value is -3.47. The van der Waals surface area contributed by atoms with E-state index < -0.39 is 4.92 Å². The van der Waals surface area contributed by atoms with E-state index in [0.717, 1.165) is 36.1 Å². The molecular weight excluding hydrogens is 376 g/mol. The first-order valence-corrected chi connectivity index (χ1v) is 10.1. The van der Waals surface area contributed by atoms with Gasteiger partial charge in [0.05, 0.1) is 17.2 Å². The van der Waals surface area contributed by atoms with E-state index in [9.17, 15) is 10.1 Å². The maximum Gasteiger partial charge on any atom is 0.270 e. The molecule has 1 heterocycles. The quantitative estimate of drug-likeness (QED) is 0.244. The molecule has 0 aliphatic carbocycles. The van der Waals surface area contributed by atoms with Crippen LogP contribution in [0.3, 0.4) is 0 Å². The maximum atomic E-state index is 10.9. The van der Waals surface area contributed by atoms with Crippen molar-refractivity contribution in [2.45, 2.75) is 33.1 Å². The second-order valence-electron chi connectivity index (χ2n) is 7.33. The molecule has 0 N–H and O–H groups in total. The fraction of sp³-hybridized carbons (Fsp3) is 0.240. The molecule has 0 amide bonds. The van der Waals surface area contributed by atoms with Crippen LogP contribution in [0.5, 0.6) is 5.88 Å². The molecule has 0 aliphatic heterocycles. The van der Waals surface area contributed by atoms with Gasteiger partial charge in [0.1, 0.15) is 0 Å². The number of nitro benzene ring substituents is 1. The smallest absolute Gasteiger partial charge is 0.270 e. The third-order valence-electron chi connectivity index (χ3n) is 4.86. The minimum absolute atomic E-state index is 0.0737. The van der Waals surface area contributed by atoms with E-state index in [0.29, 0.717) is 12.5 Å². The average molecular weight is 402 g/mol. The maximum absolute atomic E-state index is 10.9. The number of non-ortho nitro benzene ring substituents is 1. The number of rotatable bonds is 9. The van der Waals surface area contributed by atoms with Crippen LogP contribution in [0.4, 0.5) is 5.69 Å². The van der Waals surface area contributed by atoms with Crippen LogP contribution in [0.25, 0.3) is 12.2 Å². The van der Waals surface area contributed by atoms with Crippen LogP contribution in [-0.4, -0.2) is 16.5 Å². The Bertz CT molecular complexity index is 1030. The topological polar surface area (TPSA) is 65.3 Å². The Morgan fingerprint density at radius 3 is 2.57 bits per heavy atom. The Morgan fingerprint density at radius 1 is 1.00 bits per heavy atom. The molecular formula is C25H26N2O3. The van der Waals surface area contributed by atoms with Gasteiger partial charge in [-0.3, -0.25) is 10.1 Å². The predicted molar refractivity (Wildman–Crippen MR) is 121 cm³/mol. The first-order chi connectivity index (χ1) is 14.5. The predicted octanol–water partition coefficient (Wildman–Crippen LogP) is 6.18. The lowest BCUT2D eigenvalue weighted by molar-refractivity contribution is -0.384. The normalized spacial score (nSPS) is 11.0. The van der Waals surface area contributed by atoms with Crippen molar-refractivity contribution in [1.82, 2.24) is 4.98 Å². The zero-order valence-electron chi connectivity index (χ0n) is 17.4. The highest BCUT2D eigenvalue weighted by atomic mass is 16.6. The van der Waals surface area contributed by atoms with Crippen molar-refractivity contribution in [2.24, 2.45) is 0 Å². The number of hydrogen-bond acceptors (Lipinski definition) is 4. The summed E-state index contributed by atoms with van der Waals surface area (Å²) in [7, 11) is 0. The third kappa shape index (κ3) is 6.27. The standard InChI is InChI=1S/C25H26N2O3/c1-19-9-12-21(13-10-19)6-3-4-17-30-25-16-11-20(2)24(26-25)15-14-22-7-5-8-23(18-22)27(28)29/h5,7-16,18H,3-4,6,17H2,1-2H3/b15-14-. The van der Waals surface area contributed by atoms with Gasteiger partial charge < -0.3 is 4.74 Å². The van der Waals surface area contributed by atoms with Gasteiger partial charge in [0.2, 0.25) is 5.88 Å². The highest BCUT2D eigenvalue weighted by Gasteiger charge is 2.05. The van der Waals surface area contributed by atoms with Crippen LogP contribution < -0.4 is 4.74 Å². The summed E-state index contributed by atoms with van der Waals surface area (Å²) >= 11 is 0. The van der Waals surface area contributed by atoms with E-state index in [1.807, 2.05) is 37.3 Å². The Morgan fingerprint density at radius 2 is 1.80 bits per heavy atom. The van der Waals surface area contributed by atoms with Crippen molar-refractivity contribution in [3.8, 4) is 5.88 Å². The van der Waals surface area contributed by atoms with E-state index in [1.165, 1.54) is 17.2 Å². The molecule has 0 saturated heterocycles. The molecule has 5 heteroatoms. The van der Waals surface area contributed by atoms with Crippen LogP contribution in [-0.2, 0) is 6.42 Å². The Labute approximate surface area is 177 Å². The van der Waals surface area contributed by atoms with Crippen LogP contribution in [0, 0.1) is 24.0 Å². The molecule has 0 fully saturated rings. The van der Waals surface area contributed by atoms with Crippen molar-refractivity contribution < 1.29 is 9.66 Å². The van der Waals surface area contributed by atoms with Crippen molar-refractivity contribution >= 4 is 17.8 Å². The largest absolute Gasteiger partial charge is 0.478 e. The second kappa shape index (κ2) is 10.3. The SMILES string of the molecule is Cc1ccc(CCCCOc2ccc(C)c(/C=C\c3cccc([N+](=O)[O-])c3)n2)cc1. The fourth-order valence-electron chi connectivity index (χ4n) is 3.05. The van der Waals surface area contributed by atoms with Gasteiger partial charge in [-0.1, -0.05) is 54.1 Å². The van der Waals surface area contributed by atoms with Gasteiger partial charge in [0.25, 0.3) is 5.69 Å². The summed E-state index contributed by atoms with van der Waals surface area (Å²) in [4.78, 5) is 15.1. The molecule has 3 aromatic rings. The van der Waals surface area contributed by atoms with Gasteiger partial charge in [-0.25, -0.2) is 4.98 Å². The molecule has 0 bridgehead atoms. The van der Waals surface area contributed by atoms with E-state index in [2.05, 4.69) is 36.2 Å². The molecule has 0 unspecified atom stereocenters. The first kappa shape index (κ1) is 21.2. The minimum Gasteiger partial charge on any atom is -0.478 e. The second-order valence-corrected chi connectivity index (χ2v) is 7.33. The summed E-state index contributed by atoms with van der Waals surface area (Å²) < 4.78 is 5.83. The van der Waals surface area contributed by atoms with Crippen LogP contribution in [0.2, 0.25) is 0 Å². The van der Waals surface area contributed by atoms with Crippen LogP contribution in [0.1, 0.15) is 40.8 Å². The number of ether oxygens (including phenoxy) is 1. The van der Waals surface area contributed by atoms with Crippen molar-refractivity contribution in [1.29, 1.82) is 0 Å². The van der Waals surface area contributed by atoms with Gasteiger partial charge in [0, 0.05) is 18.2 Å². The molecule has 0 atom stereocenters. The van der Waals surface area contributed by atoms with Crippen molar-refractivity contribution in [3.05, 3.63) is 98.7 Å². The molecule has 0 saturated carbocycles. The third-order valence-corrected chi connectivity index (χ3v) is 4.86. The first-order valence-electron chi connectivity index (χ1n) is 10.1. The molecule has 0 spiro atoms. The summed E-state index contributed by atoms with van der Waals surface area (Å²) in [6.45, 7) is 4.70. The lowest BCUT2D eigenvalue weighted by Crippen LogP contribution is -2.01. The molecule has 154 valence electrons. The summed E-state index contributed by atoms with van der Waals surface area (Å²) in [6, 6.07) is 19.0. The zero-order valence-corrected chi connectivity index (χ0v) is 17.4. The molecule has 30 heavy (non-hydrogen) atoms. The van der Waals surface area contributed by atoms with Gasteiger partial charge in [-0.2, -0.15) is 0 Å². The number of aryl methyl sites for hydroxylation is 3. The molecule has 5 nitrogen and oxygen atoms in total. The van der Waals surface area contributed by atoms with Crippen LogP contribution >= 0.6 is 0 Å². The van der Waals surface area contributed by atoms with Crippen LogP contribution in [0.15, 0.2) is 60.7 Å². The monoisotopic (exact) mass is 402 g/mol. The highest BCUT2D eigenvalue weighted by molar-refractivity contribution is 5.70. The van der Waals surface area contributed by atoms with Gasteiger partial charge >= 0.3 is 0 Å². The number of unbranched alkanes of at least 4 members (excludes halogenated alkanes) is 1. The fourth-order valence-corrected chi connectivity index (χ4v) is 3.05. The molecule has 3 rings (SSSR count). The number of benzene rings is 2. The van der Waals surface area contributed by atoms with Crippen molar-refractivity contribution in [2.75, 3.05) is 6.61 Å². The lowest BCUT2D eigenvalue weighted by Gasteiger charge is -2.08. The molecule has 0 aliphatic rings. The zero-order chi connectivity index (χ0) is 21.3. The summed E-state index contributed by atoms with van der Waals surface area (Å²) in [6.07, 6.45) is 6.76. The summed E-state index contributed by atoms with van der Waals surface area (Å²) in [5.74, 6) is 0.592. The minimum atomic E-state index is -0.395. The number of nitro groups is 1. The van der Waals surface area contributed by atoms with Gasteiger partial charge in [-0.05, 0) is 55.9 Å². The molecule has 2 aromatic carbocycles. The van der Waals surface area contributed by atoms with Gasteiger partial charge in [0.15, 0.2) is 0 Å². The number of aromatic nitrogens is 1. The Kier molecular flexibility index (Phi) is 7.33. The van der Waals surface area contributed by atoms with E-state index in [-0.39, 0.29) is 5.69 Å². The average Bonchev–Trinajstić information content (AvgIpc) is 2.75. The summed E-state index contributed by atoms with van der Waals surface area (Å²) in [5.41, 5.74) is 5.27. The van der Waals surface area contributed by atoms with E-state index in [1.54, 1.807) is 12.1 Å². The number of hydrogen-bond donors (Lipinski definition) is 0. The molecule has 1 aromatic heterocycles. The van der Waals surface area contributed by atoms with Crippen molar-refractivity contribution in [3.63, 3.8) is 0 Å². The highest BCUT2D eigenvalue weighted by Crippen LogP contribution is 2.18. The van der Waals surface area contributed by atoms with E-state index in [4.69, 9.17) is 4.74 Å². The lowest BCUT2D eigenvalue weighted by atomic mass is 10.1. The van der Waals surface area contributed by atoms with E-state index >= 15 is 0 Å². The summed E-state index contributed by atoms with van der Waals surface area (Å²) in [5, 5.41) is 10.9. The van der Waals surface area contributed by atoms with Gasteiger partial charge in [-0.15, -0.1) is 0 Å². The number of nitrogens with zero attached hydrogens (tertiary/aromatic N) is 2. The Balaban J connectivity index is 1.53.